The van der Waals surface area contributed by atoms with Crippen molar-refractivity contribution in [2.45, 2.75) is 13.1 Å². The van der Waals surface area contributed by atoms with E-state index < -0.39 is 33.9 Å². The normalized spacial score (nSPS) is 12.7. The van der Waals surface area contributed by atoms with E-state index in [0.29, 0.717) is 5.69 Å². The van der Waals surface area contributed by atoms with Gasteiger partial charge in [0.25, 0.3) is 0 Å². The molecule has 32 heavy (non-hydrogen) atoms. The number of benzene rings is 2. The molecule has 162 valence electrons. The largest absolute Gasteiger partial charge is 0.506 e. The predicted octanol–water partition coefficient (Wildman–Crippen LogP) is 6.63. The van der Waals surface area contributed by atoms with Gasteiger partial charge in [0.1, 0.15) is 27.6 Å². The molecule has 4 rings (SSSR count). The first-order chi connectivity index (χ1) is 15.1. The number of fused-ring (bicyclic) bond motifs is 1. The van der Waals surface area contributed by atoms with Crippen molar-refractivity contribution in [2.24, 2.45) is 7.05 Å². The molecule has 0 amide bonds. The molecular weight excluding hydrogens is 461 g/mol. The number of rotatable bonds is 3. The highest BCUT2D eigenvalue weighted by Gasteiger charge is 2.40. The minimum Gasteiger partial charge on any atom is -0.506 e. The van der Waals surface area contributed by atoms with Gasteiger partial charge in [-0.25, -0.2) is 4.98 Å². The Labute approximate surface area is 189 Å². The van der Waals surface area contributed by atoms with Gasteiger partial charge in [-0.15, -0.1) is 11.3 Å². The SMILES string of the molecule is Cc1ccc2ccccc2c1-c1csc(/C(C#N)=C(\O)c2c(C(F)(F)F)nn(C)c2Cl)n1. The average Bonchev–Trinajstić information content (AvgIpc) is 3.33. The zero-order valence-corrected chi connectivity index (χ0v) is 18.3. The second kappa shape index (κ2) is 7.97. The van der Waals surface area contributed by atoms with Gasteiger partial charge in [0.15, 0.2) is 5.69 Å². The monoisotopic (exact) mass is 474 g/mol. The second-order valence-corrected chi connectivity index (χ2v) is 8.20. The summed E-state index contributed by atoms with van der Waals surface area (Å²) in [6.07, 6.45) is -4.87. The number of hydrogen-bond donors (Lipinski definition) is 1. The molecule has 0 fully saturated rings. The van der Waals surface area contributed by atoms with Crippen LogP contribution in [-0.4, -0.2) is 19.9 Å². The first-order valence-electron chi connectivity index (χ1n) is 9.21. The van der Waals surface area contributed by atoms with Gasteiger partial charge in [0, 0.05) is 18.0 Å². The minimum absolute atomic E-state index is 0.0698. The number of halogens is 4. The first kappa shape index (κ1) is 21.9. The third kappa shape index (κ3) is 3.61. The van der Waals surface area contributed by atoms with Gasteiger partial charge in [-0.2, -0.15) is 23.5 Å². The zero-order valence-electron chi connectivity index (χ0n) is 16.7. The van der Waals surface area contributed by atoms with E-state index in [-0.39, 0.29) is 5.01 Å². The summed E-state index contributed by atoms with van der Waals surface area (Å²) in [5.41, 5.74) is -0.208. The highest BCUT2D eigenvalue weighted by Crippen LogP contribution is 2.40. The fourth-order valence-electron chi connectivity index (χ4n) is 3.46. The third-order valence-corrected chi connectivity index (χ3v) is 6.24. The van der Waals surface area contributed by atoms with Crippen LogP contribution in [-0.2, 0) is 13.2 Å². The molecule has 2 heterocycles. The minimum atomic E-state index is -4.87. The number of aliphatic hydroxyl groups excluding tert-OH is 1. The van der Waals surface area contributed by atoms with Gasteiger partial charge in [-0.05, 0) is 23.3 Å². The van der Waals surface area contributed by atoms with Gasteiger partial charge >= 0.3 is 6.18 Å². The Morgan fingerprint density at radius 3 is 2.62 bits per heavy atom. The lowest BCUT2D eigenvalue weighted by Gasteiger charge is -2.08. The Kier molecular flexibility index (Phi) is 5.44. The predicted molar refractivity (Wildman–Crippen MR) is 118 cm³/mol. The van der Waals surface area contributed by atoms with Crippen LogP contribution in [0.15, 0.2) is 41.8 Å². The van der Waals surface area contributed by atoms with Crippen LogP contribution in [0.3, 0.4) is 0 Å². The van der Waals surface area contributed by atoms with Crippen molar-refractivity contribution < 1.29 is 18.3 Å². The number of allylic oxidation sites excluding steroid dienone is 1. The highest BCUT2D eigenvalue weighted by molar-refractivity contribution is 7.11. The Hall–Kier alpha value is -3.35. The molecule has 0 saturated carbocycles. The summed E-state index contributed by atoms with van der Waals surface area (Å²) in [6.45, 7) is 1.92. The van der Waals surface area contributed by atoms with Gasteiger partial charge in [0.2, 0.25) is 0 Å². The smallest absolute Gasteiger partial charge is 0.435 e. The molecule has 0 saturated heterocycles. The molecule has 0 aliphatic carbocycles. The van der Waals surface area contributed by atoms with E-state index in [9.17, 15) is 23.5 Å². The Morgan fingerprint density at radius 2 is 1.94 bits per heavy atom. The lowest BCUT2D eigenvalue weighted by atomic mass is 9.98. The quantitative estimate of drug-likeness (QED) is 0.267. The Bertz CT molecular complexity index is 1430. The number of thiazole rings is 1. The van der Waals surface area contributed by atoms with Crippen LogP contribution in [0, 0.1) is 18.3 Å². The molecule has 0 bridgehead atoms. The molecule has 5 nitrogen and oxygen atoms in total. The van der Waals surface area contributed by atoms with Crippen LogP contribution < -0.4 is 0 Å². The number of aryl methyl sites for hydroxylation is 2. The van der Waals surface area contributed by atoms with Gasteiger partial charge in [0.05, 0.1) is 11.3 Å². The van der Waals surface area contributed by atoms with Crippen LogP contribution in [0.1, 0.15) is 21.8 Å². The second-order valence-electron chi connectivity index (χ2n) is 6.99. The number of aliphatic hydroxyl groups is 1. The van der Waals surface area contributed by atoms with Crippen LogP contribution in [0.5, 0.6) is 0 Å². The summed E-state index contributed by atoms with van der Waals surface area (Å²) >= 11 is 7.01. The summed E-state index contributed by atoms with van der Waals surface area (Å²) < 4.78 is 41.1. The van der Waals surface area contributed by atoms with Crippen molar-refractivity contribution >= 4 is 45.0 Å². The number of nitriles is 1. The summed E-state index contributed by atoms with van der Waals surface area (Å²) in [4.78, 5) is 4.46. The van der Waals surface area contributed by atoms with Crippen molar-refractivity contribution in [1.82, 2.24) is 14.8 Å². The zero-order chi connectivity index (χ0) is 23.2. The van der Waals surface area contributed by atoms with E-state index in [1.165, 1.54) is 7.05 Å². The molecule has 2 aromatic heterocycles. The maximum absolute atomic E-state index is 13.4. The number of aromatic nitrogens is 3. The fourth-order valence-corrected chi connectivity index (χ4v) is 4.48. The number of nitrogens with zero attached hydrogens (tertiary/aromatic N) is 4. The highest BCUT2D eigenvalue weighted by atomic mass is 35.5. The summed E-state index contributed by atoms with van der Waals surface area (Å²) in [5, 5.41) is 26.9. The maximum atomic E-state index is 13.4. The molecular formula is C22H14ClF3N4OS. The fraction of sp³-hybridized carbons (Fsp3) is 0.136. The van der Waals surface area contributed by atoms with Crippen molar-refractivity contribution in [3.05, 3.63) is 68.8 Å². The van der Waals surface area contributed by atoms with E-state index in [0.717, 1.165) is 37.9 Å². The third-order valence-electron chi connectivity index (χ3n) is 4.94. The van der Waals surface area contributed by atoms with Crippen LogP contribution in [0.4, 0.5) is 13.2 Å². The summed E-state index contributed by atoms with van der Waals surface area (Å²) in [5.74, 6) is -0.923. The van der Waals surface area contributed by atoms with Crippen LogP contribution in [0.2, 0.25) is 5.15 Å². The Morgan fingerprint density at radius 1 is 1.22 bits per heavy atom. The maximum Gasteiger partial charge on any atom is 0.435 e. The molecule has 4 aromatic rings. The lowest BCUT2D eigenvalue weighted by molar-refractivity contribution is -0.141. The molecule has 0 atom stereocenters. The van der Waals surface area contributed by atoms with E-state index in [4.69, 9.17) is 11.6 Å². The van der Waals surface area contributed by atoms with E-state index in [2.05, 4.69) is 10.1 Å². The van der Waals surface area contributed by atoms with Gasteiger partial charge < -0.3 is 5.11 Å². The molecule has 0 aliphatic rings. The van der Waals surface area contributed by atoms with E-state index in [1.807, 2.05) is 43.3 Å². The average molecular weight is 475 g/mol. The van der Waals surface area contributed by atoms with Gasteiger partial charge in [-0.1, -0.05) is 48.0 Å². The topological polar surface area (TPSA) is 74.7 Å². The molecule has 0 aliphatic heterocycles. The van der Waals surface area contributed by atoms with Crippen molar-refractivity contribution in [1.29, 1.82) is 5.26 Å². The first-order valence-corrected chi connectivity index (χ1v) is 10.5. The van der Waals surface area contributed by atoms with Crippen LogP contribution >= 0.6 is 22.9 Å². The number of alkyl halides is 3. The molecule has 10 heteroatoms. The van der Waals surface area contributed by atoms with Gasteiger partial charge in [-0.3, -0.25) is 4.68 Å². The standard InChI is InChI=1S/C22H14ClF3N4OS/c1-11-7-8-12-5-3-4-6-13(12)16(11)15-10-32-21(28-15)14(9-27)18(31)17-19(22(24,25)26)29-30(2)20(17)23/h3-8,10,31H,1-2H3/b18-14-. The molecule has 2 aromatic carbocycles. The van der Waals surface area contributed by atoms with Crippen molar-refractivity contribution in [3.8, 4) is 17.3 Å². The number of hydrogen-bond acceptors (Lipinski definition) is 5. The van der Waals surface area contributed by atoms with Crippen molar-refractivity contribution in [3.63, 3.8) is 0 Å². The van der Waals surface area contributed by atoms with E-state index in [1.54, 1.807) is 11.4 Å². The summed E-state index contributed by atoms with van der Waals surface area (Å²) in [7, 11) is 1.21. The van der Waals surface area contributed by atoms with Crippen LogP contribution in [0.25, 0.3) is 33.4 Å². The molecule has 1 N–H and O–H groups in total. The van der Waals surface area contributed by atoms with E-state index >= 15 is 0 Å². The molecule has 0 radical (unpaired) electrons. The molecule has 0 unspecified atom stereocenters. The lowest BCUT2D eigenvalue weighted by Crippen LogP contribution is -2.09. The van der Waals surface area contributed by atoms with Crippen molar-refractivity contribution in [2.75, 3.05) is 0 Å². The summed E-state index contributed by atoms with van der Waals surface area (Å²) in [6, 6.07) is 13.4. The Balaban J connectivity index is 1.90. The molecule has 0 spiro atoms.